The second-order valence-corrected chi connectivity index (χ2v) is 6.59. The molecule has 162 valence electrons. The number of carbonyl (C=O) groups excluding carboxylic acids is 1. The summed E-state index contributed by atoms with van der Waals surface area (Å²) in [5, 5.41) is 0. The molecule has 0 radical (unpaired) electrons. The maximum absolute atomic E-state index is 10.9. The van der Waals surface area contributed by atoms with E-state index in [2.05, 4.69) is 11.8 Å². The Morgan fingerprint density at radius 3 is 2.11 bits per heavy atom. The van der Waals surface area contributed by atoms with E-state index < -0.39 is 30.2 Å². The van der Waals surface area contributed by atoms with Gasteiger partial charge in [0.2, 0.25) is 0 Å². The summed E-state index contributed by atoms with van der Waals surface area (Å²) in [7, 11) is 4.55. The smallest absolute Gasteiger partial charge is 0.164 e. The van der Waals surface area contributed by atoms with E-state index in [1.807, 2.05) is 6.92 Å². The van der Waals surface area contributed by atoms with Crippen LogP contribution in [-0.4, -0.2) is 84.3 Å². The Labute approximate surface area is 166 Å². The van der Waals surface area contributed by atoms with Gasteiger partial charge in [0, 0.05) is 27.8 Å². The second-order valence-electron chi connectivity index (χ2n) is 6.59. The monoisotopic (exact) mass is 404 g/mol. The van der Waals surface area contributed by atoms with Crippen LogP contribution in [-0.2, 0) is 42.7 Å². The molecule has 1 rings (SSSR count). The van der Waals surface area contributed by atoms with Crippen molar-refractivity contribution in [3.63, 3.8) is 0 Å². The molecule has 0 amide bonds. The molecule has 0 aromatic carbocycles. The Morgan fingerprint density at radius 2 is 1.50 bits per heavy atom. The zero-order valence-corrected chi connectivity index (χ0v) is 17.5. The van der Waals surface area contributed by atoms with Gasteiger partial charge in [-0.05, 0) is 20.8 Å². The molecule has 9 heteroatoms. The van der Waals surface area contributed by atoms with Crippen LogP contribution in [0, 0.1) is 11.8 Å². The van der Waals surface area contributed by atoms with E-state index in [-0.39, 0.29) is 32.9 Å². The number of rotatable bonds is 13. The molecule has 9 nitrogen and oxygen atoms in total. The van der Waals surface area contributed by atoms with Crippen LogP contribution in [0.15, 0.2) is 0 Å². The van der Waals surface area contributed by atoms with Crippen LogP contribution in [0.4, 0.5) is 0 Å². The Bertz CT molecular complexity index is 499. The highest BCUT2D eigenvalue weighted by molar-refractivity contribution is 5.51. The van der Waals surface area contributed by atoms with Gasteiger partial charge < -0.3 is 42.7 Å². The minimum Gasteiger partial charge on any atom is -0.359 e. The average molecular weight is 404 g/mol. The van der Waals surface area contributed by atoms with E-state index in [0.29, 0.717) is 0 Å². The molecule has 5 atom stereocenters. The fourth-order valence-electron chi connectivity index (χ4n) is 2.63. The van der Waals surface area contributed by atoms with Crippen LogP contribution in [0.1, 0.15) is 27.2 Å². The van der Waals surface area contributed by atoms with Crippen LogP contribution in [0.3, 0.4) is 0 Å². The lowest BCUT2D eigenvalue weighted by atomic mass is 10.0. The van der Waals surface area contributed by atoms with E-state index in [0.717, 1.165) is 6.29 Å². The average Bonchev–Trinajstić information content (AvgIpc) is 2.99. The first-order chi connectivity index (χ1) is 13.4. The lowest BCUT2D eigenvalue weighted by molar-refractivity contribution is -0.170. The molecule has 0 unspecified atom stereocenters. The van der Waals surface area contributed by atoms with Gasteiger partial charge in [-0.2, -0.15) is 0 Å². The summed E-state index contributed by atoms with van der Waals surface area (Å²) in [4.78, 5) is 10.9. The normalized spacial score (nSPS) is 24.2. The predicted molar refractivity (Wildman–Crippen MR) is 98.2 cm³/mol. The fraction of sp³-hybridized carbons (Fsp3) is 0.842. The van der Waals surface area contributed by atoms with E-state index in [4.69, 9.17) is 37.9 Å². The van der Waals surface area contributed by atoms with Crippen molar-refractivity contribution < 1.29 is 42.7 Å². The molecule has 0 aliphatic carbocycles. The Balaban J connectivity index is 3.01. The van der Waals surface area contributed by atoms with Gasteiger partial charge in [-0.25, -0.2) is 0 Å². The first kappa shape index (κ1) is 24.9. The molecule has 0 aromatic heterocycles. The van der Waals surface area contributed by atoms with Gasteiger partial charge in [0.1, 0.15) is 51.1 Å². The third-order valence-electron chi connectivity index (χ3n) is 3.82. The topological polar surface area (TPSA) is 90.9 Å². The minimum absolute atomic E-state index is 0.0109. The molecule has 0 aromatic rings. The highest BCUT2D eigenvalue weighted by atomic mass is 16.8. The summed E-state index contributed by atoms with van der Waals surface area (Å²) in [6, 6.07) is 0. The van der Waals surface area contributed by atoms with E-state index in [1.54, 1.807) is 21.0 Å². The van der Waals surface area contributed by atoms with Crippen LogP contribution in [0.25, 0.3) is 0 Å². The zero-order chi connectivity index (χ0) is 21.0. The van der Waals surface area contributed by atoms with E-state index in [1.165, 1.54) is 14.2 Å². The highest BCUT2D eigenvalue weighted by Gasteiger charge is 2.48. The van der Waals surface area contributed by atoms with Crippen LogP contribution in [0.5, 0.6) is 0 Å². The standard InChI is InChI=1S/C19H32O9/c1-14(24-11-21-4)17-18(28-19(2,3)27-17)16(26-13-23-6)8-7-15(9-10-20)25-12-22-5/h10,14-18H,9,11-13H2,1-6H3/t14-,15-,16-,17-,18-/m0/s1. The molecule has 1 saturated heterocycles. The molecular formula is C19H32O9. The van der Waals surface area contributed by atoms with Crippen molar-refractivity contribution in [1.82, 2.24) is 0 Å². The summed E-state index contributed by atoms with van der Waals surface area (Å²) < 4.78 is 43.6. The van der Waals surface area contributed by atoms with Crippen LogP contribution in [0.2, 0.25) is 0 Å². The lowest BCUT2D eigenvalue weighted by Crippen LogP contribution is -2.43. The first-order valence-electron chi connectivity index (χ1n) is 9.00. The second kappa shape index (κ2) is 13.2. The molecule has 0 N–H and O–H groups in total. The van der Waals surface area contributed by atoms with E-state index >= 15 is 0 Å². The van der Waals surface area contributed by atoms with Crippen molar-refractivity contribution in [3.8, 4) is 11.8 Å². The van der Waals surface area contributed by atoms with Crippen molar-refractivity contribution in [3.05, 3.63) is 0 Å². The maximum Gasteiger partial charge on any atom is 0.164 e. The van der Waals surface area contributed by atoms with Gasteiger partial charge in [0.25, 0.3) is 0 Å². The van der Waals surface area contributed by atoms with Gasteiger partial charge in [-0.1, -0.05) is 11.8 Å². The van der Waals surface area contributed by atoms with Gasteiger partial charge in [0.15, 0.2) is 5.79 Å². The Morgan fingerprint density at radius 1 is 0.929 bits per heavy atom. The van der Waals surface area contributed by atoms with Crippen LogP contribution < -0.4 is 0 Å². The molecule has 1 aliphatic rings. The predicted octanol–water partition coefficient (Wildman–Crippen LogP) is 1.09. The number of ether oxygens (including phenoxy) is 8. The molecule has 1 heterocycles. The van der Waals surface area contributed by atoms with Gasteiger partial charge in [0.05, 0.1) is 6.10 Å². The summed E-state index contributed by atoms with van der Waals surface area (Å²) in [5.41, 5.74) is 0. The SMILES string of the molecule is COCO[C@@H](C)[C@@H]1OC(C)(C)O[C@H]1[C@H](C#C[C@@H](CC=O)OCOC)OCOC. The quantitative estimate of drug-likeness (QED) is 0.254. The number of hydrogen-bond acceptors (Lipinski definition) is 9. The summed E-state index contributed by atoms with van der Waals surface area (Å²) in [6.45, 7) is 5.63. The first-order valence-corrected chi connectivity index (χ1v) is 9.00. The van der Waals surface area contributed by atoms with Gasteiger partial charge in [-0.15, -0.1) is 0 Å². The molecule has 28 heavy (non-hydrogen) atoms. The van der Waals surface area contributed by atoms with Gasteiger partial charge in [-0.3, -0.25) is 0 Å². The third-order valence-corrected chi connectivity index (χ3v) is 3.82. The molecule has 1 fully saturated rings. The van der Waals surface area contributed by atoms with Gasteiger partial charge >= 0.3 is 0 Å². The molecule has 1 aliphatic heterocycles. The van der Waals surface area contributed by atoms with Crippen molar-refractivity contribution >= 4 is 6.29 Å². The summed E-state index contributed by atoms with van der Waals surface area (Å²) in [6.07, 6.45) is -1.81. The fourth-order valence-corrected chi connectivity index (χ4v) is 2.63. The van der Waals surface area contributed by atoms with Crippen molar-refractivity contribution in [1.29, 1.82) is 0 Å². The van der Waals surface area contributed by atoms with Crippen molar-refractivity contribution in [2.75, 3.05) is 41.7 Å². The van der Waals surface area contributed by atoms with Crippen LogP contribution >= 0.6 is 0 Å². The Kier molecular flexibility index (Phi) is 11.8. The largest absolute Gasteiger partial charge is 0.359 e. The van der Waals surface area contributed by atoms with Crippen molar-refractivity contribution in [2.24, 2.45) is 0 Å². The minimum atomic E-state index is -0.842. The number of methoxy groups -OCH3 is 3. The highest BCUT2D eigenvalue weighted by Crippen LogP contribution is 2.33. The number of hydrogen-bond donors (Lipinski definition) is 0. The Hall–Kier alpha value is -1.09. The summed E-state index contributed by atoms with van der Waals surface area (Å²) >= 11 is 0. The lowest BCUT2D eigenvalue weighted by Gasteiger charge is -2.26. The van der Waals surface area contributed by atoms with E-state index in [9.17, 15) is 4.79 Å². The zero-order valence-electron chi connectivity index (χ0n) is 17.5. The molecule has 0 spiro atoms. The molecular weight excluding hydrogens is 372 g/mol. The third kappa shape index (κ3) is 8.51. The number of carbonyl (C=O) groups is 1. The number of aldehydes is 1. The molecule has 0 saturated carbocycles. The van der Waals surface area contributed by atoms with Crippen molar-refractivity contribution in [2.45, 2.75) is 63.5 Å². The maximum atomic E-state index is 10.9. The summed E-state index contributed by atoms with van der Waals surface area (Å²) in [5.74, 6) is 5.05. The molecule has 0 bridgehead atoms.